The number of morpholine rings is 1. The summed E-state index contributed by atoms with van der Waals surface area (Å²) in [4.78, 5) is 30.5. The van der Waals surface area contributed by atoms with Crippen LogP contribution in [-0.2, 0) is 14.3 Å². The van der Waals surface area contributed by atoms with Crippen LogP contribution in [-0.4, -0.2) is 86.8 Å². The number of ketones is 1. The fourth-order valence-electron chi connectivity index (χ4n) is 4.83. The summed E-state index contributed by atoms with van der Waals surface area (Å²) in [6.45, 7) is 9.43. The quantitative estimate of drug-likeness (QED) is 0.220. The molecular formula is C29H34N2O7. The van der Waals surface area contributed by atoms with Crippen molar-refractivity contribution < 1.29 is 33.6 Å². The van der Waals surface area contributed by atoms with Gasteiger partial charge in [0.1, 0.15) is 18.1 Å². The molecule has 1 atom stereocenters. The van der Waals surface area contributed by atoms with Crippen molar-refractivity contribution in [3.63, 3.8) is 0 Å². The van der Waals surface area contributed by atoms with Crippen LogP contribution in [0.1, 0.15) is 22.7 Å². The molecule has 202 valence electrons. The number of likely N-dealkylation sites (tertiary alicyclic amines) is 1. The van der Waals surface area contributed by atoms with Crippen LogP contribution in [0.3, 0.4) is 0 Å². The number of hydrogen-bond acceptors (Lipinski definition) is 8. The van der Waals surface area contributed by atoms with Gasteiger partial charge in [0.15, 0.2) is 11.5 Å². The molecule has 2 fully saturated rings. The van der Waals surface area contributed by atoms with Crippen LogP contribution < -0.4 is 14.2 Å². The lowest BCUT2D eigenvalue weighted by atomic mass is 9.93. The highest BCUT2D eigenvalue weighted by molar-refractivity contribution is 6.46. The topological polar surface area (TPSA) is 97.8 Å². The number of rotatable bonds is 10. The van der Waals surface area contributed by atoms with Crippen LogP contribution in [0.4, 0.5) is 0 Å². The lowest BCUT2D eigenvalue weighted by Crippen LogP contribution is -2.42. The molecule has 2 heterocycles. The Labute approximate surface area is 222 Å². The van der Waals surface area contributed by atoms with E-state index in [4.69, 9.17) is 18.9 Å². The molecule has 0 aromatic heterocycles. The van der Waals surface area contributed by atoms with Gasteiger partial charge in [-0.05, 0) is 48.4 Å². The van der Waals surface area contributed by atoms with Crippen LogP contribution in [0.25, 0.3) is 5.76 Å². The van der Waals surface area contributed by atoms with Crippen molar-refractivity contribution in [1.82, 2.24) is 9.80 Å². The molecule has 1 unspecified atom stereocenters. The van der Waals surface area contributed by atoms with Gasteiger partial charge in [0, 0.05) is 31.7 Å². The number of methoxy groups -OCH3 is 2. The van der Waals surface area contributed by atoms with E-state index in [0.717, 1.165) is 13.1 Å². The Morgan fingerprint density at radius 1 is 1.08 bits per heavy atom. The van der Waals surface area contributed by atoms with E-state index in [2.05, 4.69) is 11.5 Å². The lowest BCUT2D eigenvalue weighted by molar-refractivity contribution is -0.140. The molecule has 2 saturated heterocycles. The standard InChI is InChI=1S/C29H34N2O7/c1-5-14-38-23-9-6-20(18-24(23)36-4)26-25(27(32)22-8-7-21(35-3)17-19(22)2)28(33)29(34)31(26)11-10-30-12-15-37-16-13-30/h5-9,17-18,26,32H,1,10-16H2,2-4H3. The Morgan fingerprint density at radius 2 is 1.84 bits per heavy atom. The van der Waals surface area contributed by atoms with Gasteiger partial charge in [-0.3, -0.25) is 14.5 Å². The number of aliphatic hydroxyl groups is 1. The van der Waals surface area contributed by atoms with Crippen molar-refractivity contribution in [2.24, 2.45) is 0 Å². The molecule has 0 spiro atoms. The normalized spacial score (nSPS) is 19.4. The number of amides is 1. The molecule has 0 bridgehead atoms. The second-order valence-corrected chi connectivity index (χ2v) is 9.14. The van der Waals surface area contributed by atoms with Gasteiger partial charge in [0.2, 0.25) is 0 Å². The van der Waals surface area contributed by atoms with E-state index >= 15 is 0 Å². The van der Waals surface area contributed by atoms with Gasteiger partial charge in [-0.15, -0.1) is 0 Å². The summed E-state index contributed by atoms with van der Waals surface area (Å²) in [5.74, 6) is -0.0246. The molecule has 0 aliphatic carbocycles. The average Bonchev–Trinajstić information content (AvgIpc) is 3.19. The number of carbonyl (C=O) groups excluding carboxylic acids is 2. The van der Waals surface area contributed by atoms with E-state index in [1.807, 2.05) is 6.92 Å². The number of hydrogen-bond donors (Lipinski definition) is 1. The molecule has 0 radical (unpaired) electrons. The first-order chi connectivity index (χ1) is 18.4. The number of nitrogens with zero attached hydrogens (tertiary/aromatic N) is 2. The molecule has 1 amide bonds. The van der Waals surface area contributed by atoms with Crippen LogP contribution in [0.15, 0.2) is 54.6 Å². The summed E-state index contributed by atoms with van der Waals surface area (Å²) in [6, 6.07) is 9.62. The Hall–Kier alpha value is -3.82. The van der Waals surface area contributed by atoms with E-state index in [0.29, 0.717) is 66.8 Å². The van der Waals surface area contributed by atoms with E-state index < -0.39 is 17.7 Å². The molecule has 4 rings (SSSR count). The number of Topliss-reactive ketones (excluding diaryl/α,β-unsaturated/α-hetero) is 1. The first-order valence-corrected chi connectivity index (χ1v) is 12.5. The van der Waals surface area contributed by atoms with E-state index in [-0.39, 0.29) is 11.3 Å². The molecule has 0 saturated carbocycles. The maximum Gasteiger partial charge on any atom is 0.295 e. The third-order valence-electron chi connectivity index (χ3n) is 6.85. The van der Waals surface area contributed by atoms with Crippen molar-refractivity contribution in [1.29, 1.82) is 0 Å². The van der Waals surface area contributed by atoms with Gasteiger partial charge < -0.3 is 29.0 Å². The van der Waals surface area contributed by atoms with Crippen LogP contribution in [0.5, 0.6) is 17.2 Å². The fourth-order valence-corrected chi connectivity index (χ4v) is 4.83. The second-order valence-electron chi connectivity index (χ2n) is 9.14. The zero-order valence-electron chi connectivity index (χ0n) is 22.1. The van der Waals surface area contributed by atoms with E-state index in [9.17, 15) is 14.7 Å². The molecule has 9 nitrogen and oxygen atoms in total. The maximum atomic E-state index is 13.4. The van der Waals surface area contributed by atoms with Gasteiger partial charge in [-0.2, -0.15) is 0 Å². The van der Waals surface area contributed by atoms with Gasteiger partial charge in [-0.1, -0.05) is 18.7 Å². The third-order valence-corrected chi connectivity index (χ3v) is 6.85. The number of benzene rings is 2. The molecule has 38 heavy (non-hydrogen) atoms. The summed E-state index contributed by atoms with van der Waals surface area (Å²) >= 11 is 0. The minimum Gasteiger partial charge on any atom is -0.507 e. The first kappa shape index (κ1) is 27.2. The van der Waals surface area contributed by atoms with Gasteiger partial charge in [-0.25, -0.2) is 0 Å². The zero-order valence-corrected chi connectivity index (χ0v) is 22.1. The van der Waals surface area contributed by atoms with Crippen LogP contribution in [0, 0.1) is 6.92 Å². The molecule has 2 aliphatic heterocycles. The molecule has 2 aliphatic rings. The monoisotopic (exact) mass is 522 g/mol. The summed E-state index contributed by atoms with van der Waals surface area (Å²) in [7, 11) is 3.08. The Kier molecular flexibility index (Phi) is 8.70. The van der Waals surface area contributed by atoms with Crippen LogP contribution >= 0.6 is 0 Å². The summed E-state index contributed by atoms with van der Waals surface area (Å²) in [6.07, 6.45) is 1.63. The largest absolute Gasteiger partial charge is 0.507 e. The lowest BCUT2D eigenvalue weighted by Gasteiger charge is -2.31. The number of carbonyl (C=O) groups is 2. The van der Waals surface area contributed by atoms with E-state index in [1.165, 1.54) is 12.0 Å². The van der Waals surface area contributed by atoms with Gasteiger partial charge in [0.25, 0.3) is 11.7 Å². The zero-order chi connectivity index (χ0) is 27.2. The summed E-state index contributed by atoms with van der Waals surface area (Å²) in [5, 5.41) is 11.5. The minimum absolute atomic E-state index is 0.0343. The smallest absolute Gasteiger partial charge is 0.295 e. The first-order valence-electron chi connectivity index (χ1n) is 12.5. The fraction of sp³-hybridized carbons (Fsp3) is 0.379. The molecule has 2 aromatic carbocycles. The third kappa shape index (κ3) is 5.54. The van der Waals surface area contributed by atoms with Crippen molar-refractivity contribution in [2.75, 3.05) is 60.2 Å². The number of aryl methyl sites for hydroxylation is 1. The highest BCUT2D eigenvalue weighted by atomic mass is 16.5. The molecule has 2 aromatic rings. The van der Waals surface area contributed by atoms with Gasteiger partial charge in [0.05, 0.1) is 39.0 Å². The highest BCUT2D eigenvalue weighted by Crippen LogP contribution is 2.42. The van der Waals surface area contributed by atoms with Crippen molar-refractivity contribution in [3.8, 4) is 17.2 Å². The molecule has 9 heteroatoms. The SMILES string of the molecule is C=CCOc1ccc(C2C(=C(O)c3ccc(OC)cc3C)C(=O)C(=O)N2CCN2CCOCC2)cc1OC. The van der Waals surface area contributed by atoms with Crippen molar-refractivity contribution >= 4 is 17.4 Å². The molecular weight excluding hydrogens is 488 g/mol. The van der Waals surface area contributed by atoms with Crippen LogP contribution in [0.2, 0.25) is 0 Å². The van der Waals surface area contributed by atoms with Gasteiger partial charge >= 0.3 is 0 Å². The summed E-state index contributed by atoms with van der Waals surface area (Å²) < 4.78 is 22.0. The minimum atomic E-state index is -0.806. The average molecular weight is 523 g/mol. The van der Waals surface area contributed by atoms with E-state index in [1.54, 1.807) is 49.6 Å². The van der Waals surface area contributed by atoms with Crippen molar-refractivity contribution in [2.45, 2.75) is 13.0 Å². The molecule has 1 N–H and O–H groups in total. The number of aliphatic hydroxyl groups excluding tert-OH is 1. The predicted molar refractivity (Wildman–Crippen MR) is 143 cm³/mol. The maximum absolute atomic E-state index is 13.4. The predicted octanol–water partition coefficient (Wildman–Crippen LogP) is 3.33. The summed E-state index contributed by atoms with van der Waals surface area (Å²) in [5.41, 5.74) is 1.83. The van der Waals surface area contributed by atoms with Crippen molar-refractivity contribution in [3.05, 3.63) is 71.3 Å². The Bertz CT molecular complexity index is 1230. The Morgan fingerprint density at radius 3 is 2.50 bits per heavy atom. The number of ether oxygens (including phenoxy) is 4. The Balaban J connectivity index is 1.79. The second kappa shape index (κ2) is 12.1. The highest BCUT2D eigenvalue weighted by Gasteiger charge is 2.46.